The van der Waals surface area contributed by atoms with E-state index in [-0.39, 0.29) is 30.1 Å². The van der Waals surface area contributed by atoms with Crippen molar-refractivity contribution in [2.24, 2.45) is 13.0 Å². The molecular weight excluding hydrogens is 426 g/mol. The molecule has 2 N–H and O–H groups in total. The Balaban J connectivity index is 1.39. The van der Waals surface area contributed by atoms with E-state index in [1.165, 1.54) is 0 Å². The van der Waals surface area contributed by atoms with Gasteiger partial charge in [-0.05, 0) is 30.5 Å². The minimum absolute atomic E-state index is 0.0687. The van der Waals surface area contributed by atoms with Crippen molar-refractivity contribution in [2.45, 2.75) is 25.7 Å². The van der Waals surface area contributed by atoms with Crippen LogP contribution < -0.4 is 15.5 Å². The molecule has 2 aliphatic heterocycles. The molecule has 2 aromatic heterocycles. The van der Waals surface area contributed by atoms with Crippen LogP contribution in [0, 0.1) is 12.8 Å². The Bertz CT molecular complexity index is 1200. The largest absolute Gasteiger partial charge is 0.312 e. The lowest BCUT2D eigenvalue weighted by Gasteiger charge is -2.23. The summed E-state index contributed by atoms with van der Waals surface area (Å²) in [5.74, 6) is 0.00564. The summed E-state index contributed by atoms with van der Waals surface area (Å²) in [6, 6.07) is 11.6. The zero-order valence-corrected chi connectivity index (χ0v) is 18.6. The predicted molar refractivity (Wildman–Crippen MR) is 123 cm³/mol. The number of carbonyl (C=O) groups is 3. The zero-order chi connectivity index (χ0) is 22.4. The molecule has 164 valence electrons. The van der Waals surface area contributed by atoms with Crippen molar-refractivity contribution in [3.05, 3.63) is 57.8 Å². The summed E-state index contributed by atoms with van der Waals surface area (Å²) in [5.41, 5.74) is 2.72. The van der Waals surface area contributed by atoms with Crippen molar-refractivity contribution >= 4 is 46.4 Å². The summed E-state index contributed by atoms with van der Waals surface area (Å²) in [6.07, 6.45) is 0.449. The molecule has 8 nitrogen and oxygen atoms in total. The highest BCUT2D eigenvalue weighted by atomic mass is 32.1. The molecule has 5 rings (SSSR count). The fraction of sp³-hybridized carbons (Fsp3) is 0.304. The van der Waals surface area contributed by atoms with Gasteiger partial charge in [-0.1, -0.05) is 23.8 Å². The van der Waals surface area contributed by atoms with Gasteiger partial charge in [0.15, 0.2) is 5.82 Å². The molecule has 3 aromatic rings. The number of carbonyl (C=O) groups excluding carboxylic acids is 3. The molecule has 1 aromatic carbocycles. The molecule has 0 bridgehead atoms. The number of nitrogens with one attached hydrogen (secondary N) is 2. The third-order valence-electron chi connectivity index (χ3n) is 6.05. The molecule has 3 amide bonds. The summed E-state index contributed by atoms with van der Waals surface area (Å²) >= 11 is 1.58. The van der Waals surface area contributed by atoms with Gasteiger partial charge in [0, 0.05) is 48.5 Å². The molecule has 2 aliphatic rings. The first-order valence-electron chi connectivity index (χ1n) is 10.5. The summed E-state index contributed by atoms with van der Waals surface area (Å²) in [6.45, 7) is 2.32. The summed E-state index contributed by atoms with van der Waals surface area (Å²) < 4.78 is 1.58. The topological polar surface area (TPSA) is 96.3 Å². The molecule has 0 spiro atoms. The van der Waals surface area contributed by atoms with Gasteiger partial charge >= 0.3 is 0 Å². The SMILES string of the molecule is Cc1ccc(N2C[C@H](C(=O)Nc3nn(C)c4c3[C@H](c3cccs3)CC(=O)N4)CC2=O)cc1. The van der Waals surface area contributed by atoms with Crippen LogP contribution in [0.1, 0.15) is 34.8 Å². The Morgan fingerprint density at radius 3 is 2.69 bits per heavy atom. The van der Waals surface area contributed by atoms with Crippen molar-refractivity contribution in [3.8, 4) is 0 Å². The standard InChI is InChI=1S/C23H23N5O3S/c1-13-5-7-15(8-6-13)28-12-14(10-19(28)30)23(31)25-21-20-16(17-4-3-9-32-17)11-18(29)24-22(20)27(2)26-21/h3-9,14,16H,10-12H2,1-2H3,(H,24,29)(H,25,26,31)/t14-,16+/m1/s1. The number of fused-ring (bicyclic) bond motifs is 1. The number of rotatable bonds is 4. The molecule has 0 radical (unpaired) electrons. The average molecular weight is 450 g/mol. The number of amides is 3. The van der Waals surface area contributed by atoms with Crippen molar-refractivity contribution in [3.63, 3.8) is 0 Å². The van der Waals surface area contributed by atoms with Crippen LogP contribution in [-0.4, -0.2) is 34.0 Å². The van der Waals surface area contributed by atoms with E-state index in [9.17, 15) is 14.4 Å². The highest BCUT2D eigenvalue weighted by molar-refractivity contribution is 7.10. The van der Waals surface area contributed by atoms with Crippen molar-refractivity contribution < 1.29 is 14.4 Å². The molecular formula is C23H23N5O3S. The predicted octanol–water partition coefficient (Wildman–Crippen LogP) is 3.26. The fourth-order valence-electron chi connectivity index (χ4n) is 4.39. The Hall–Kier alpha value is -3.46. The van der Waals surface area contributed by atoms with Crippen LogP contribution in [0.25, 0.3) is 0 Å². The minimum atomic E-state index is -0.472. The molecule has 0 saturated carbocycles. The lowest BCUT2D eigenvalue weighted by Crippen LogP contribution is -2.29. The van der Waals surface area contributed by atoms with E-state index in [1.807, 2.05) is 48.7 Å². The third kappa shape index (κ3) is 3.58. The van der Waals surface area contributed by atoms with Crippen LogP contribution in [0.15, 0.2) is 41.8 Å². The van der Waals surface area contributed by atoms with Gasteiger partial charge in [-0.3, -0.25) is 19.1 Å². The van der Waals surface area contributed by atoms with Gasteiger partial charge in [-0.15, -0.1) is 11.3 Å². The summed E-state index contributed by atoms with van der Waals surface area (Å²) in [7, 11) is 1.74. The Morgan fingerprint density at radius 2 is 1.97 bits per heavy atom. The number of hydrogen-bond donors (Lipinski definition) is 2. The Labute approximate surface area is 189 Å². The van der Waals surface area contributed by atoms with E-state index in [0.717, 1.165) is 21.7 Å². The van der Waals surface area contributed by atoms with Crippen LogP contribution in [0.2, 0.25) is 0 Å². The number of aryl methyl sites for hydroxylation is 2. The van der Waals surface area contributed by atoms with Crippen LogP contribution >= 0.6 is 11.3 Å². The van der Waals surface area contributed by atoms with Gasteiger partial charge < -0.3 is 15.5 Å². The average Bonchev–Trinajstić information content (AvgIpc) is 3.49. The normalized spacial score (nSPS) is 20.2. The van der Waals surface area contributed by atoms with Gasteiger partial charge in [-0.2, -0.15) is 5.10 Å². The maximum Gasteiger partial charge on any atom is 0.231 e. The molecule has 32 heavy (non-hydrogen) atoms. The molecule has 4 heterocycles. The van der Waals surface area contributed by atoms with Gasteiger partial charge in [0.2, 0.25) is 17.7 Å². The minimum Gasteiger partial charge on any atom is -0.312 e. The first kappa shape index (κ1) is 20.4. The maximum atomic E-state index is 13.1. The lowest BCUT2D eigenvalue weighted by molar-refractivity contribution is -0.122. The van der Waals surface area contributed by atoms with E-state index >= 15 is 0 Å². The number of thiophene rings is 1. The number of hydrogen-bond acceptors (Lipinski definition) is 5. The smallest absolute Gasteiger partial charge is 0.231 e. The van der Waals surface area contributed by atoms with Crippen molar-refractivity contribution in [1.82, 2.24) is 9.78 Å². The quantitative estimate of drug-likeness (QED) is 0.639. The summed E-state index contributed by atoms with van der Waals surface area (Å²) in [5, 5.41) is 12.3. The highest BCUT2D eigenvalue weighted by Gasteiger charge is 2.38. The maximum absolute atomic E-state index is 13.1. The monoisotopic (exact) mass is 449 g/mol. The van der Waals surface area contributed by atoms with Crippen LogP contribution in [-0.2, 0) is 21.4 Å². The highest BCUT2D eigenvalue weighted by Crippen LogP contribution is 2.43. The number of anilines is 3. The van der Waals surface area contributed by atoms with E-state index in [2.05, 4.69) is 15.7 Å². The zero-order valence-electron chi connectivity index (χ0n) is 17.8. The lowest BCUT2D eigenvalue weighted by atomic mass is 9.91. The third-order valence-corrected chi connectivity index (χ3v) is 7.04. The van der Waals surface area contributed by atoms with Crippen molar-refractivity contribution in [1.29, 1.82) is 0 Å². The van der Waals surface area contributed by atoms with Gasteiger partial charge in [0.1, 0.15) is 5.82 Å². The van der Waals surface area contributed by atoms with Crippen molar-refractivity contribution in [2.75, 3.05) is 22.1 Å². The second-order valence-electron chi connectivity index (χ2n) is 8.28. The van der Waals surface area contributed by atoms with Crippen LogP contribution in [0.4, 0.5) is 17.3 Å². The molecule has 1 fully saturated rings. The second kappa shape index (κ2) is 7.90. The second-order valence-corrected chi connectivity index (χ2v) is 9.26. The first-order valence-corrected chi connectivity index (χ1v) is 11.4. The first-order chi connectivity index (χ1) is 15.4. The molecule has 0 aliphatic carbocycles. The molecule has 2 atom stereocenters. The Morgan fingerprint density at radius 1 is 1.19 bits per heavy atom. The fourth-order valence-corrected chi connectivity index (χ4v) is 5.23. The number of benzene rings is 1. The van der Waals surface area contributed by atoms with Crippen LogP contribution in [0.5, 0.6) is 0 Å². The van der Waals surface area contributed by atoms with E-state index in [0.29, 0.717) is 24.6 Å². The number of aromatic nitrogens is 2. The van der Waals surface area contributed by atoms with E-state index < -0.39 is 5.92 Å². The molecule has 0 unspecified atom stereocenters. The Kier molecular flexibility index (Phi) is 5.05. The van der Waals surface area contributed by atoms with Crippen LogP contribution in [0.3, 0.4) is 0 Å². The van der Waals surface area contributed by atoms with Gasteiger partial charge in [0.05, 0.1) is 5.92 Å². The number of nitrogens with zero attached hydrogens (tertiary/aromatic N) is 3. The molecule has 9 heteroatoms. The van der Waals surface area contributed by atoms with E-state index in [4.69, 9.17) is 0 Å². The van der Waals surface area contributed by atoms with E-state index in [1.54, 1.807) is 28.0 Å². The summed E-state index contributed by atoms with van der Waals surface area (Å²) in [4.78, 5) is 40.7. The molecule has 1 saturated heterocycles. The van der Waals surface area contributed by atoms with Gasteiger partial charge in [-0.25, -0.2) is 0 Å². The van der Waals surface area contributed by atoms with Gasteiger partial charge in [0.25, 0.3) is 0 Å².